The lowest BCUT2D eigenvalue weighted by molar-refractivity contribution is 0.314. The molecule has 1 fully saturated rings. The fourth-order valence-corrected chi connectivity index (χ4v) is 2.60. The largest absolute Gasteiger partial charge is 0.328 e. The second kappa shape index (κ2) is 5.63. The van der Waals surface area contributed by atoms with Gasteiger partial charge in [-0.25, -0.2) is 9.67 Å². The highest BCUT2D eigenvalue weighted by Gasteiger charge is 2.20. The van der Waals surface area contributed by atoms with Crippen LogP contribution in [0.1, 0.15) is 45.4 Å². The maximum atomic E-state index is 5.93. The van der Waals surface area contributed by atoms with E-state index in [-0.39, 0.29) is 0 Å². The van der Waals surface area contributed by atoms with Crippen LogP contribution in [0, 0.1) is 11.8 Å². The zero-order valence-corrected chi connectivity index (χ0v) is 11.0. The minimum absolute atomic E-state index is 0.430. The summed E-state index contributed by atoms with van der Waals surface area (Å²) in [6.07, 6.45) is 7.59. The van der Waals surface area contributed by atoms with Crippen molar-refractivity contribution in [2.75, 3.05) is 0 Å². The molecule has 1 heterocycles. The molecule has 0 aliphatic heterocycles. The van der Waals surface area contributed by atoms with Crippen molar-refractivity contribution in [2.24, 2.45) is 17.6 Å². The molecule has 2 rings (SSSR count). The predicted molar refractivity (Wildman–Crippen MR) is 68.5 cm³/mol. The fourth-order valence-electron chi connectivity index (χ4n) is 2.60. The van der Waals surface area contributed by atoms with Crippen molar-refractivity contribution in [3.8, 4) is 0 Å². The van der Waals surface area contributed by atoms with Crippen molar-refractivity contribution >= 4 is 0 Å². The van der Waals surface area contributed by atoms with Gasteiger partial charge in [0.1, 0.15) is 12.2 Å². The summed E-state index contributed by atoms with van der Waals surface area (Å²) in [5.41, 5.74) is 5.93. The van der Waals surface area contributed by atoms with E-state index in [1.165, 1.54) is 25.7 Å². The molecule has 0 spiro atoms. The van der Waals surface area contributed by atoms with Crippen LogP contribution in [-0.2, 0) is 13.0 Å². The van der Waals surface area contributed by atoms with Crippen molar-refractivity contribution < 1.29 is 0 Å². The van der Waals surface area contributed by atoms with Crippen LogP contribution in [0.2, 0.25) is 0 Å². The van der Waals surface area contributed by atoms with Gasteiger partial charge in [0.25, 0.3) is 0 Å². The first kappa shape index (κ1) is 12.6. The highest BCUT2D eigenvalue weighted by molar-refractivity contribution is 4.89. The Balaban J connectivity index is 1.92. The summed E-state index contributed by atoms with van der Waals surface area (Å²) < 4.78 is 2.07. The van der Waals surface area contributed by atoms with Crippen molar-refractivity contribution in [1.82, 2.24) is 14.8 Å². The van der Waals surface area contributed by atoms with Gasteiger partial charge < -0.3 is 5.73 Å². The molecule has 1 aliphatic rings. The van der Waals surface area contributed by atoms with E-state index < -0.39 is 0 Å². The van der Waals surface area contributed by atoms with Crippen molar-refractivity contribution in [3.05, 3.63) is 12.2 Å². The zero-order valence-electron chi connectivity index (χ0n) is 11.0. The molecule has 0 unspecified atom stereocenters. The number of nitrogens with two attached hydrogens (primary N) is 1. The number of hydrogen-bond acceptors (Lipinski definition) is 3. The number of hydrogen-bond donors (Lipinski definition) is 1. The summed E-state index contributed by atoms with van der Waals surface area (Å²) in [6.45, 7) is 5.40. The van der Waals surface area contributed by atoms with Gasteiger partial charge in [0.2, 0.25) is 0 Å². The summed E-state index contributed by atoms with van der Waals surface area (Å²) >= 11 is 0. The molecule has 0 saturated heterocycles. The predicted octanol–water partition coefficient (Wildman–Crippen LogP) is 1.99. The normalized spacial score (nSPS) is 25.4. The van der Waals surface area contributed by atoms with E-state index in [9.17, 15) is 0 Å². The molecular formula is C13H24N4. The van der Waals surface area contributed by atoms with E-state index in [1.807, 2.05) is 0 Å². The van der Waals surface area contributed by atoms with E-state index in [0.29, 0.717) is 12.0 Å². The first-order chi connectivity index (χ1) is 8.15. The van der Waals surface area contributed by atoms with Crippen molar-refractivity contribution in [3.63, 3.8) is 0 Å². The molecule has 0 radical (unpaired) electrons. The molecule has 1 aromatic rings. The first-order valence-electron chi connectivity index (χ1n) is 6.77. The van der Waals surface area contributed by atoms with Crippen LogP contribution in [-0.4, -0.2) is 20.8 Å². The van der Waals surface area contributed by atoms with E-state index in [1.54, 1.807) is 6.33 Å². The van der Waals surface area contributed by atoms with Gasteiger partial charge in [-0.2, -0.15) is 5.10 Å². The second-order valence-corrected chi connectivity index (χ2v) is 5.74. The van der Waals surface area contributed by atoms with Gasteiger partial charge in [0, 0.05) is 19.0 Å². The van der Waals surface area contributed by atoms with Crippen LogP contribution < -0.4 is 5.73 Å². The monoisotopic (exact) mass is 236 g/mol. The van der Waals surface area contributed by atoms with Crippen LogP contribution in [0.5, 0.6) is 0 Å². The summed E-state index contributed by atoms with van der Waals surface area (Å²) in [6, 6.07) is 0.430. The SMILES string of the molecule is CC(C)Cn1ncnc1CC1CCC(N)CC1. The van der Waals surface area contributed by atoms with Crippen LogP contribution in [0.25, 0.3) is 0 Å². The van der Waals surface area contributed by atoms with Gasteiger partial charge in [-0.15, -0.1) is 0 Å². The highest BCUT2D eigenvalue weighted by atomic mass is 15.3. The van der Waals surface area contributed by atoms with Crippen LogP contribution in [0.4, 0.5) is 0 Å². The maximum Gasteiger partial charge on any atom is 0.138 e. The summed E-state index contributed by atoms with van der Waals surface area (Å²) in [7, 11) is 0. The molecule has 0 aromatic carbocycles. The average Bonchev–Trinajstić information content (AvgIpc) is 2.68. The zero-order chi connectivity index (χ0) is 12.3. The molecule has 1 aromatic heterocycles. The van der Waals surface area contributed by atoms with Crippen molar-refractivity contribution in [1.29, 1.82) is 0 Å². The highest BCUT2D eigenvalue weighted by Crippen LogP contribution is 2.25. The van der Waals surface area contributed by atoms with Gasteiger partial charge in [0.15, 0.2) is 0 Å². The molecule has 17 heavy (non-hydrogen) atoms. The Morgan fingerprint density at radius 2 is 2.06 bits per heavy atom. The Morgan fingerprint density at radius 3 is 2.71 bits per heavy atom. The van der Waals surface area contributed by atoms with Gasteiger partial charge in [-0.05, 0) is 37.5 Å². The minimum Gasteiger partial charge on any atom is -0.328 e. The third kappa shape index (κ3) is 3.53. The number of rotatable bonds is 4. The van der Waals surface area contributed by atoms with Crippen LogP contribution >= 0.6 is 0 Å². The van der Waals surface area contributed by atoms with Gasteiger partial charge in [-0.1, -0.05) is 13.8 Å². The third-order valence-electron chi connectivity index (χ3n) is 3.60. The molecule has 0 bridgehead atoms. The smallest absolute Gasteiger partial charge is 0.138 e. The summed E-state index contributed by atoms with van der Waals surface area (Å²) in [4.78, 5) is 4.40. The van der Waals surface area contributed by atoms with Crippen LogP contribution in [0.3, 0.4) is 0 Å². The Hall–Kier alpha value is -0.900. The molecule has 1 saturated carbocycles. The van der Waals surface area contributed by atoms with E-state index in [4.69, 9.17) is 5.73 Å². The number of nitrogens with zero attached hydrogens (tertiary/aromatic N) is 3. The second-order valence-electron chi connectivity index (χ2n) is 5.74. The Bertz CT molecular complexity index is 337. The molecule has 0 amide bonds. The Morgan fingerprint density at radius 1 is 1.35 bits per heavy atom. The average molecular weight is 236 g/mol. The van der Waals surface area contributed by atoms with Crippen molar-refractivity contribution in [2.45, 2.75) is 58.5 Å². The quantitative estimate of drug-likeness (QED) is 0.870. The maximum absolute atomic E-state index is 5.93. The summed E-state index contributed by atoms with van der Waals surface area (Å²) in [5, 5.41) is 4.32. The molecule has 4 nitrogen and oxygen atoms in total. The van der Waals surface area contributed by atoms with E-state index in [0.717, 1.165) is 24.7 Å². The van der Waals surface area contributed by atoms with Gasteiger partial charge >= 0.3 is 0 Å². The standard InChI is InChI=1S/C13H24N4/c1-10(2)8-17-13(15-9-16-17)7-11-3-5-12(14)6-4-11/h9-12H,3-8,14H2,1-2H3. The van der Waals surface area contributed by atoms with Crippen LogP contribution in [0.15, 0.2) is 6.33 Å². The first-order valence-corrected chi connectivity index (χ1v) is 6.77. The topological polar surface area (TPSA) is 56.7 Å². The van der Waals surface area contributed by atoms with E-state index >= 15 is 0 Å². The fraction of sp³-hybridized carbons (Fsp3) is 0.846. The van der Waals surface area contributed by atoms with Gasteiger partial charge in [-0.3, -0.25) is 0 Å². The number of aromatic nitrogens is 3. The molecule has 4 heteroatoms. The Labute approximate surface area is 104 Å². The Kier molecular flexibility index (Phi) is 4.15. The molecule has 0 atom stereocenters. The van der Waals surface area contributed by atoms with E-state index in [2.05, 4.69) is 28.6 Å². The molecule has 2 N–H and O–H groups in total. The molecular weight excluding hydrogens is 212 g/mol. The third-order valence-corrected chi connectivity index (χ3v) is 3.60. The van der Waals surface area contributed by atoms with Gasteiger partial charge in [0.05, 0.1) is 0 Å². The lowest BCUT2D eigenvalue weighted by Gasteiger charge is -2.25. The lowest BCUT2D eigenvalue weighted by Crippen LogP contribution is -2.27. The minimum atomic E-state index is 0.430. The molecule has 96 valence electrons. The molecule has 1 aliphatic carbocycles. The lowest BCUT2D eigenvalue weighted by atomic mass is 9.84. The summed E-state index contributed by atoms with van der Waals surface area (Å²) in [5.74, 6) is 2.53.